The summed E-state index contributed by atoms with van der Waals surface area (Å²) >= 11 is 0. The minimum Gasteiger partial charge on any atom is -0.339 e. The van der Waals surface area contributed by atoms with E-state index in [0.717, 1.165) is 17.8 Å². The average Bonchev–Trinajstić information content (AvgIpc) is 2.52. The van der Waals surface area contributed by atoms with Crippen LogP contribution in [0, 0.1) is 11.6 Å². The van der Waals surface area contributed by atoms with Crippen LogP contribution in [0.15, 0.2) is 54.7 Å². The maximum atomic E-state index is 13.6. The van der Waals surface area contributed by atoms with Crippen molar-refractivity contribution in [2.45, 2.75) is 0 Å². The van der Waals surface area contributed by atoms with Gasteiger partial charge in [0.15, 0.2) is 5.82 Å². The molecule has 1 aromatic heterocycles. The third kappa shape index (κ3) is 3.32. The molecule has 0 bridgehead atoms. The predicted octanol–water partition coefficient (Wildman–Crippen LogP) is 3.64. The number of nitrogens with one attached hydrogen (secondary N) is 2. The van der Waals surface area contributed by atoms with Crippen LogP contribution in [-0.4, -0.2) is 15.2 Å². The Morgan fingerprint density at radius 3 is 2.50 bits per heavy atom. The summed E-state index contributed by atoms with van der Waals surface area (Å²) < 4.78 is 26.5. The van der Waals surface area contributed by atoms with Crippen molar-refractivity contribution >= 4 is 23.1 Å². The largest absolute Gasteiger partial charge is 0.339 e. The summed E-state index contributed by atoms with van der Waals surface area (Å²) in [5.74, 6) is -0.829. The summed E-state index contributed by atoms with van der Waals surface area (Å²) in [4.78, 5) is 4.17. The van der Waals surface area contributed by atoms with Gasteiger partial charge in [0, 0.05) is 11.8 Å². The van der Waals surface area contributed by atoms with Gasteiger partial charge in [0.2, 0.25) is 5.95 Å². The molecule has 0 atom stereocenters. The van der Waals surface area contributed by atoms with E-state index >= 15 is 0 Å². The first-order valence-electron chi connectivity index (χ1n) is 6.44. The zero-order valence-corrected chi connectivity index (χ0v) is 11.3. The third-order valence-corrected chi connectivity index (χ3v) is 2.78. The predicted molar refractivity (Wildman–Crippen MR) is 79.2 cm³/mol. The monoisotopic (exact) mass is 299 g/mol. The Bertz CT molecular complexity index is 780. The van der Waals surface area contributed by atoms with Gasteiger partial charge in [-0.05, 0) is 24.3 Å². The van der Waals surface area contributed by atoms with Crippen LogP contribution in [0.5, 0.6) is 0 Å². The normalized spacial score (nSPS) is 10.3. The molecule has 2 aromatic carbocycles. The van der Waals surface area contributed by atoms with Gasteiger partial charge < -0.3 is 10.6 Å². The molecule has 2 N–H and O–H groups in total. The van der Waals surface area contributed by atoms with E-state index in [9.17, 15) is 8.78 Å². The lowest BCUT2D eigenvalue weighted by Crippen LogP contribution is -2.03. The van der Waals surface area contributed by atoms with Crippen molar-refractivity contribution in [2.75, 3.05) is 10.6 Å². The highest BCUT2D eigenvalue weighted by Gasteiger charge is 2.07. The molecule has 0 aliphatic rings. The molecule has 0 saturated heterocycles. The number of benzene rings is 2. The molecule has 0 aliphatic heterocycles. The smallest absolute Gasteiger partial charge is 0.249 e. The van der Waals surface area contributed by atoms with Crippen molar-refractivity contribution in [1.29, 1.82) is 0 Å². The number of hydrogen-bond donors (Lipinski definition) is 2. The van der Waals surface area contributed by atoms with E-state index in [1.54, 1.807) is 0 Å². The maximum Gasteiger partial charge on any atom is 0.249 e. The van der Waals surface area contributed by atoms with Crippen LogP contribution < -0.4 is 10.6 Å². The fourth-order valence-corrected chi connectivity index (χ4v) is 1.80. The molecule has 0 unspecified atom stereocenters. The Labute approximate surface area is 125 Å². The van der Waals surface area contributed by atoms with E-state index < -0.39 is 11.6 Å². The zero-order chi connectivity index (χ0) is 15.4. The van der Waals surface area contributed by atoms with Crippen LogP contribution in [0.2, 0.25) is 0 Å². The highest BCUT2D eigenvalue weighted by atomic mass is 19.1. The fourth-order valence-electron chi connectivity index (χ4n) is 1.80. The molecule has 5 nitrogen and oxygen atoms in total. The number of anilines is 4. The summed E-state index contributed by atoms with van der Waals surface area (Å²) in [5.41, 5.74) is 0.905. The van der Waals surface area contributed by atoms with Crippen molar-refractivity contribution in [3.63, 3.8) is 0 Å². The minimum atomic E-state index is -0.731. The van der Waals surface area contributed by atoms with Gasteiger partial charge in [-0.3, -0.25) is 0 Å². The van der Waals surface area contributed by atoms with Gasteiger partial charge in [-0.25, -0.2) is 8.78 Å². The molecule has 1 heterocycles. The number of aromatic nitrogens is 3. The number of hydrogen-bond acceptors (Lipinski definition) is 5. The van der Waals surface area contributed by atoms with Crippen LogP contribution in [0.3, 0.4) is 0 Å². The second kappa shape index (κ2) is 6.13. The van der Waals surface area contributed by atoms with Crippen LogP contribution in [-0.2, 0) is 0 Å². The third-order valence-electron chi connectivity index (χ3n) is 2.78. The molecular weight excluding hydrogens is 288 g/mol. The molecular formula is C15H11F2N5. The first kappa shape index (κ1) is 13.9. The van der Waals surface area contributed by atoms with Crippen LogP contribution >= 0.6 is 0 Å². The second-order valence-corrected chi connectivity index (χ2v) is 4.41. The van der Waals surface area contributed by atoms with Crippen LogP contribution in [0.1, 0.15) is 0 Å². The van der Waals surface area contributed by atoms with E-state index in [-0.39, 0.29) is 11.6 Å². The summed E-state index contributed by atoms with van der Waals surface area (Å²) in [6.45, 7) is 0. The van der Waals surface area contributed by atoms with Gasteiger partial charge in [-0.2, -0.15) is 10.1 Å². The second-order valence-electron chi connectivity index (χ2n) is 4.41. The van der Waals surface area contributed by atoms with Gasteiger partial charge in [-0.1, -0.05) is 18.2 Å². The Hall–Kier alpha value is -3.09. The molecule has 0 saturated carbocycles. The van der Waals surface area contributed by atoms with Crippen molar-refractivity contribution in [2.24, 2.45) is 0 Å². The molecule has 0 aliphatic carbocycles. The van der Waals surface area contributed by atoms with Crippen molar-refractivity contribution < 1.29 is 8.78 Å². The summed E-state index contributed by atoms with van der Waals surface area (Å²) in [6, 6.07) is 12.6. The lowest BCUT2D eigenvalue weighted by molar-refractivity contribution is 0.586. The first-order valence-corrected chi connectivity index (χ1v) is 6.44. The van der Waals surface area contributed by atoms with Crippen molar-refractivity contribution in [1.82, 2.24) is 15.2 Å². The standard InChI is InChI=1S/C15H11F2N5/c16-10-6-7-13(12(17)8-10)20-15-21-14(9-18-22-15)19-11-4-2-1-3-5-11/h1-9H,(H2,19,20,21,22). The molecule has 110 valence electrons. The SMILES string of the molecule is Fc1ccc(Nc2nncc(Nc3ccccc3)n2)c(F)c1. The lowest BCUT2D eigenvalue weighted by Gasteiger charge is -2.08. The van der Waals surface area contributed by atoms with E-state index in [1.165, 1.54) is 12.3 Å². The van der Waals surface area contributed by atoms with E-state index in [2.05, 4.69) is 25.8 Å². The zero-order valence-electron chi connectivity index (χ0n) is 11.3. The molecule has 22 heavy (non-hydrogen) atoms. The van der Waals surface area contributed by atoms with Gasteiger partial charge >= 0.3 is 0 Å². The Morgan fingerprint density at radius 1 is 0.909 bits per heavy atom. The van der Waals surface area contributed by atoms with Gasteiger partial charge in [-0.15, -0.1) is 5.10 Å². The topological polar surface area (TPSA) is 62.7 Å². The Kier molecular flexibility index (Phi) is 3.86. The summed E-state index contributed by atoms with van der Waals surface area (Å²) in [6.07, 6.45) is 1.44. The lowest BCUT2D eigenvalue weighted by atomic mass is 10.3. The van der Waals surface area contributed by atoms with Gasteiger partial charge in [0.05, 0.1) is 11.9 Å². The molecule has 7 heteroatoms. The molecule has 3 aromatic rings. The van der Waals surface area contributed by atoms with E-state index in [0.29, 0.717) is 5.82 Å². The highest BCUT2D eigenvalue weighted by Crippen LogP contribution is 2.19. The van der Waals surface area contributed by atoms with E-state index in [1.807, 2.05) is 30.3 Å². The molecule has 0 spiro atoms. The van der Waals surface area contributed by atoms with E-state index in [4.69, 9.17) is 0 Å². The van der Waals surface area contributed by atoms with Crippen LogP contribution in [0.25, 0.3) is 0 Å². The average molecular weight is 299 g/mol. The summed E-state index contributed by atoms with van der Waals surface area (Å²) in [7, 11) is 0. The Balaban J connectivity index is 1.79. The van der Waals surface area contributed by atoms with Gasteiger partial charge in [0.25, 0.3) is 0 Å². The quantitative estimate of drug-likeness (QED) is 0.770. The minimum absolute atomic E-state index is 0.0695. The van der Waals surface area contributed by atoms with Gasteiger partial charge in [0.1, 0.15) is 11.6 Å². The number of rotatable bonds is 4. The molecule has 3 rings (SSSR count). The van der Waals surface area contributed by atoms with Crippen LogP contribution in [0.4, 0.5) is 31.9 Å². The molecule has 0 amide bonds. The number of para-hydroxylation sites is 1. The first-order chi connectivity index (χ1) is 10.7. The Morgan fingerprint density at radius 2 is 1.73 bits per heavy atom. The van der Waals surface area contributed by atoms with Crippen molar-refractivity contribution in [3.05, 3.63) is 66.4 Å². The maximum absolute atomic E-state index is 13.6. The molecule has 0 radical (unpaired) electrons. The summed E-state index contributed by atoms with van der Waals surface area (Å²) in [5, 5.41) is 13.3. The molecule has 0 fully saturated rings. The van der Waals surface area contributed by atoms with Crippen molar-refractivity contribution in [3.8, 4) is 0 Å². The number of halogens is 2. The highest BCUT2D eigenvalue weighted by molar-refractivity contribution is 5.58. The number of nitrogens with zero attached hydrogens (tertiary/aromatic N) is 3. The fraction of sp³-hybridized carbons (Fsp3) is 0.